The summed E-state index contributed by atoms with van der Waals surface area (Å²) in [5.74, 6) is 0. The van der Waals surface area contributed by atoms with Crippen LogP contribution in [0.1, 0.15) is 16.7 Å². The monoisotopic (exact) mass is 273 g/mol. The van der Waals surface area contributed by atoms with Crippen LogP contribution in [0.15, 0.2) is 46.2 Å². The third kappa shape index (κ3) is 2.87. The van der Waals surface area contributed by atoms with Gasteiger partial charge in [-0.05, 0) is 55.3 Å². The maximum atomic E-state index is 8.79. The maximum Gasteiger partial charge on any atom is 0.0992 e. The minimum atomic E-state index is 0.587. The molecule has 0 heterocycles. The molecule has 18 heavy (non-hydrogen) atoms. The number of hydrogen-bond acceptors (Lipinski definition) is 2. The van der Waals surface area contributed by atoms with Crippen molar-refractivity contribution in [3.8, 4) is 6.07 Å². The fourth-order valence-corrected chi connectivity index (χ4v) is 2.77. The minimum absolute atomic E-state index is 0.587. The number of nitriles is 1. The highest BCUT2D eigenvalue weighted by atomic mass is 35.5. The second-order valence-electron chi connectivity index (χ2n) is 4.11. The first-order valence-electron chi connectivity index (χ1n) is 5.55. The Morgan fingerprint density at radius 2 is 1.83 bits per heavy atom. The Morgan fingerprint density at radius 3 is 2.44 bits per heavy atom. The zero-order chi connectivity index (χ0) is 13.1. The Morgan fingerprint density at radius 1 is 1.06 bits per heavy atom. The molecule has 0 N–H and O–H groups in total. The lowest BCUT2D eigenvalue weighted by atomic mass is 10.1. The molecule has 0 saturated carbocycles. The van der Waals surface area contributed by atoms with Gasteiger partial charge in [0, 0.05) is 9.79 Å². The summed E-state index contributed by atoms with van der Waals surface area (Å²) in [7, 11) is 0. The van der Waals surface area contributed by atoms with E-state index in [1.165, 1.54) is 11.1 Å². The van der Waals surface area contributed by atoms with Crippen LogP contribution in [0, 0.1) is 25.2 Å². The fourth-order valence-electron chi connectivity index (χ4n) is 1.56. The highest BCUT2D eigenvalue weighted by molar-refractivity contribution is 7.99. The van der Waals surface area contributed by atoms with Gasteiger partial charge in [0.15, 0.2) is 0 Å². The third-order valence-corrected chi connectivity index (χ3v) is 4.26. The van der Waals surface area contributed by atoms with Crippen molar-refractivity contribution in [2.75, 3.05) is 0 Å². The van der Waals surface area contributed by atoms with Crippen LogP contribution < -0.4 is 0 Å². The number of rotatable bonds is 2. The summed E-state index contributed by atoms with van der Waals surface area (Å²) < 4.78 is 0. The van der Waals surface area contributed by atoms with E-state index in [0.29, 0.717) is 10.6 Å². The molecule has 0 radical (unpaired) electrons. The molecule has 0 bridgehead atoms. The van der Waals surface area contributed by atoms with Gasteiger partial charge in [-0.15, -0.1) is 0 Å². The predicted octanol–water partition coefficient (Wildman–Crippen LogP) is 4.98. The van der Waals surface area contributed by atoms with Crippen LogP contribution in [0.25, 0.3) is 0 Å². The molecule has 0 aliphatic heterocycles. The molecule has 2 aromatic carbocycles. The molecule has 0 spiro atoms. The van der Waals surface area contributed by atoms with Crippen molar-refractivity contribution < 1.29 is 0 Å². The maximum absolute atomic E-state index is 8.79. The van der Waals surface area contributed by atoms with Crippen molar-refractivity contribution in [2.45, 2.75) is 23.6 Å². The summed E-state index contributed by atoms with van der Waals surface area (Å²) in [6.45, 7) is 4.19. The van der Waals surface area contributed by atoms with E-state index in [1.54, 1.807) is 23.9 Å². The highest BCUT2D eigenvalue weighted by Gasteiger charge is 2.05. The largest absolute Gasteiger partial charge is 0.192 e. The molecule has 0 amide bonds. The van der Waals surface area contributed by atoms with E-state index in [2.05, 4.69) is 38.1 Å². The van der Waals surface area contributed by atoms with Crippen LogP contribution in [-0.4, -0.2) is 0 Å². The molecule has 2 rings (SSSR count). The number of benzene rings is 2. The van der Waals surface area contributed by atoms with Crippen LogP contribution in [0.2, 0.25) is 5.02 Å². The number of aryl methyl sites for hydroxylation is 2. The standard InChI is InChI=1S/C15H12ClNS/c1-10-3-5-13(7-11(10)2)18-15-6-4-12(9-17)8-14(15)16/h3-8H,1-2H3. The lowest BCUT2D eigenvalue weighted by Crippen LogP contribution is -1.82. The first-order valence-corrected chi connectivity index (χ1v) is 6.74. The van der Waals surface area contributed by atoms with E-state index >= 15 is 0 Å². The molecular formula is C15H12ClNS. The molecule has 2 aromatic rings. The highest BCUT2D eigenvalue weighted by Crippen LogP contribution is 2.34. The minimum Gasteiger partial charge on any atom is -0.192 e. The summed E-state index contributed by atoms with van der Waals surface area (Å²) in [6, 6.07) is 13.8. The molecule has 0 atom stereocenters. The van der Waals surface area contributed by atoms with Crippen LogP contribution in [-0.2, 0) is 0 Å². The van der Waals surface area contributed by atoms with Crippen LogP contribution >= 0.6 is 23.4 Å². The van der Waals surface area contributed by atoms with Gasteiger partial charge in [-0.1, -0.05) is 29.4 Å². The summed E-state index contributed by atoms with van der Waals surface area (Å²) >= 11 is 7.77. The van der Waals surface area contributed by atoms with Crippen LogP contribution in [0.3, 0.4) is 0 Å². The molecular weight excluding hydrogens is 262 g/mol. The molecule has 1 nitrogen and oxygen atoms in total. The Labute approximate surface area is 116 Å². The van der Waals surface area contributed by atoms with E-state index < -0.39 is 0 Å². The number of halogens is 1. The Bertz CT molecular complexity index is 629. The van der Waals surface area contributed by atoms with Gasteiger partial charge < -0.3 is 0 Å². The predicted molar refractivity (Wildman–Crippen MR) is 76.2 cm³/mol. The van der Waals surface area contributed by atoms with Gasteiger partial charge in [-0.25, -0.2) is 0 Å². The second-order valence-corrected chi connectivity index (χ2v) is 5.63. The topological polar surface area (TPSA) is 23.8 Å². The lowest BCUT2D eigenvalue weighted by Gasteiger charge is -2.06. The van der Waals surface area contributed by atoms with E-state index in [9.17, 15) is 0 Å². The average Bonchev–Trinajstić information content (AvgIpc) is 2.36. The summed E-state index contributed by atoms with van der Waals surface area (Å²) in [5, 5.41) is 9.42. The molecule has 0 aliphatic carbocycles. The Balaban J connectivity index is 2.29. The zero-order valence-electron chi connectivity index (χ0n) is 10.2. The fraction of sp³-hybridized carbons (Fsp3) is 0.133. The molecule has 0 fully saturated rings. The number of nitrogens with zero attached hydrogens (tertiary/aromatic N) is 1. The number of hydrogen-bond donors (Lipinski definition) is 0. The van der Waals surface area contributed by atoms with Crippen molar-refractivity contribution in [3.05, 3.63) is 58.1 Å². The van der Waals surface area contributed by atoms with Crippen molar-refractivity contribution in [1.29, 1.82) is 5.26 Å². The Hall–Kier alpha value is -1.43. The lowest BCUT2D eigenvalue weighted by molar-refractivity contribution is 1.27. The molecule has 90 valence electrons. The van der Waals surface area contributed by atoms with Gasteiger partial charge in [0.25, 0.3) is 0 Å². The first-order chi connectivity index (χ1) is 8.60. The van der Waals surface area contributed by atoms with E-state index in [-0.39, 0.29) is 0 Å². The summed E-state index contributed by atoms with van der Waals surface area (Å²) in [4.78, 5) is 2.13. The van der Waals surface area contributed by atoms with Gasteiger partial charge in [0.2, 0.25) is 0 Å². The smallest absolute Gasteiger partial charge is 0.0992 e. The first kappa shape index (κ1) is 13.0. The summed E-state index contributed by atoms with van der Waals surface area (Å²) in [5.41, 5.74) is 3.14. The van der Waals surface area contributed by atoms with E-state index in [1.807, 2.05) is 6.07 Å². The van der Waals surface area contributed by atoms with Gasteiger partial charge in [-0.3, -0.25) is 0 Å². The summed E-state index contributed by atoms with van der Waals surface area (Å²) in [6.07, 6.45) is 0. The Kier molecular flexibility index (Phi) is 3.96. The van der Waals surface area contributed by atoms with Crippen molar-refractivity contribution in [2.24, 2.45) is 0 Å². The zero-order valence-corrected chi connectivity index (χ0v) is 11.8. The average molecular weight is 274 g/mol. The normalized spacial score (nSPS) is 10.1. The van der Waals surface area contributed by atoms with Crippen molar-refractivity contribution in [3.63, 3.8) is 0 Å². The molecule has 3 heteroatoms. The quantitative estimate of drug-likeness (QED) is 0.770. The second kappa shape index (κ2) is 5.48. The SMILES string of the molecule is Cc1ccc(Sc2ccc(C#N)cc2Cl)cc1C. The van der Waals surface area contributed by atoms with Gasteiger partial charge in [0.05, 0.1) is 16.7 Å². The van der Waals surface area contributed by atoms with E-state index in [0.717, 1.165) is 9.79 Å². The molecule has 0 aliphatic rings. The third-order valence-electron chi connectivity index (χ3n) is 2.77. The van der Waals surface area contributed by atoms with Gasteiger partial charge in [0.1, 0.15) is 0 Å². The van der Waals surface area contributed by atoms with E-state index in [4.69, 9.17) is 16.9 Å². The van der Waals surface area contributed by atoms with Gasteiger partial charge in [-0.2, -0.15) is 5.26 Å². The van der Waals surface area contributed by atoms with Crippen LogP contribution in [0.5, 0.6) is 0 Å². The van der Waals surface area contributed by atoms with Crippen LogP contribution in [0.4, 0.5) is 0 Å². The molecule has 0 unspecified atom stereocenters. The molecule has 0 aromatic heterocycles. The van der Waals surface area contributed by atoms with Crippen molar-refractivity contribution in [1.82, 2.24) is 0 Å². The van der Waals surface area contributed by atoms with Crippen molar-refractivity contribution >= 4 is 23.4 Å². The van der Waals surface area contributed by atoms with Gasteiger partial charge >= 0.3 is 0 Å². The molecule has 0 saturated heterocycles.